The molecule has 88 valence electrons. The summed E-state index contributed by atoms with van der Waals surface area (Å²) in [6, 6.07) is 1.97. The number of aliphatic hydroxyl groups is 1. The van der Waals surface area contributed by atoms with Crippen molar-refractivity contribution in [1.29, 1.82) is 0 Å². The van der Waals surface area contributed by atoms with Gasteiger partial charge in [0.25, 0.3) is 0 Å². The molecule has 4 nitrogen and oxygen atoms in total. The number of nitrogens with two attached hydrogens (primary N) is 1. The molecule has 1 atom stereocenters. The van der Waals surface area contributed by atoms with E-state index in [9.17, 15) is 5.11 Å². The van der Waals surface area contributed by atoms with Gasteiger partial charge in [-0.2, -0.15) is 0 Å². The third kappa shape index (κ3) is 2.00. The number of anilines is 1. The van der Waals surface area contributed by atoms with E-state index >= 15 is 0 Å². The van der Waals surface area contributed by atoms with E-state index in [1.54, 1.807) is 6.20 Å². The van der Waals surface area contributed by atoms with Gasteiger partial charge in [0.15, 0.2) is 0 Å². The van der Waals surface area contributed by atoms with Crippen LogP contribution in [0.15, 0.2) is 12.3 Å². The van der Waals surface area contributed by atoms with Crippen LogP contribution >= 0.6 is 11.6 Å². The average Bonchev–Trinajstić information content (AvgIpc) is 2.77. The van der Waals surface area contributed by atoms with Gasteiger partial charge in [0.05, 0.1) is 17.7 Å². The Hall–Kier alpha value is -0.840. The Bertz CT molecular complexity index is 372. The SMILES string of the molecule is NCc1ccnc(N2CCCC2CO)c1Cl. The average molecular weight is 242 g/mol. The Kier molecular flexibility index (Phi) is 3.63. The van der Waals surface area contributed by atoms with E-state index in [2.05, 4.69) is 9.88 Å². The number of rotatable bonds is 3. The smallest absolute Gasteiger partial charge is 0.148 e. The van der Waals surface area contributed by atoms with Crippen molar-refractivity contribution in [3.63, 3.8) is 0 Å². The number of hydrogen-bond donors (Lipinski definition) is 2. The largest absolute Gasteiger partial charge is 0.394 e. The van der Waals surface area contributed by atoms with E-state index in [0.717, 1.165) is 30.8 Å². The van der Waals surface area contributed by atoms with E-state index in [-0.39, 0.29) is 12.6 Å². The Morgan fingerprint density at radius 1 is 1.62 bits per heavy atom. The third-order valence-corrected chi connectivity index (χ3v) is 3.44. The molecule has 1 aliphatic heterocycles. The lowest BCUT2D eigenvalue weighted by molar-refractivity contribution is 0.266. The molecule has 1 aliphatic rings. The van der Waals surface area contributed by atoms with Crippen LogP contribution in [-0.4, -0.2) is 29.3 Å². The summed E-state index contributed by atoms with van der Waals surface area (Å²) in [5.74, 6) is 0.751. The van der Waals surface area contributed by atoms with Crippen molar-refractivity contribution in [3.8, 4) is 0 Å². The Morgan fingerprint density at radius 3 is 3.12 bits per heavy atom. The van der Waals surface area contributed by atoms with Gasteiger partial charge in [0.1, 0.15) is 5.82 Å². The van der Waals surface area contributed by atoms with Crippen LogP contribution in [0.3, 0.4) is 0 Å². The van der Waals surface area contributed by atoms with Gasteiger partial charge in [-0.25, -0.2) is 4.98 Å². The highest BCUT2D eigenvalue weighted by Crippen LogP contribution is 2.31. The summed E-state index contributed by atoms with van der Waals surface area (Å²) in [5.41, 5.74) is 6.50. The van der Waals surface area contributed by atoms with Crippen molar-refractivity contribution >= 4 is 17.4 Å². The first kappa shape index (κ1) is 11.6. The van der Waals surface area contributed by atoms with Gasteiger partial charge in [-0.05, 0) is 24.5 Å². The Labute approximate surface area is 100 Å². The normalized spacial score (nSPS) is 20.4. The molecule has 3 N–H and O–H groups in total. The lowest BCUT2D eigenvalue weighted by Crippen LogP contribution is -2.33. The first-order valence-corrected chi connectivity index (χ1v) is 5.86. The summed E-state index contributed by atoms with van der Waals surface area (Å²) in [4.78, 5) is 6.37. The second-order valence-corrected chi connectivity index (χ2v) is 4.36. The number of nitrogens with zero attached hydrogens (tertiary/aromatic N) is 2. The zero-order chi connectivity index (χ0) is 11.5. The molecular weight excluding hydrogens is 226 g/mol. The molecule has 0 saturated carbocycles. The maximum absolute atomic E-state index is 9.28. The lowest BCUT2D eigenvalue weighted by Gasteiger charge is -2.25. The van der Waals surface area contributed by atoms with E-state index in [1.807, 2.05) is 6.07 Å². The van der Waals surface area contributed by atoms with Crippen LogP contribution in [0.4, 0.5) is 5.82 Å². The van der Waals surface area contributed by atoms with E-state index in [0.29, 0.717) is 11.6 Å². The van der Waals surface area contributed by atoms with Gasteiger partial charge < -0.3 is 15.7 Å². The van der Waals surface area contributed by atoms with Crippen molar-refractivity contribution in [2.45, 2.75) is 25.4 Å². The van der Waals surface area contributed by atoms with E-state index in [4.69, 9.17) is 17.3 Å². The van der Waals surface area contributed by atoms with Gasteiger partial charge in [-0.1, -0.05) is 11.6 Å². The molecule has 1 aromatic heterocycles. The Morgan fingerprint density at radius 2 is 2.44 bits per heavy atom. The van der Waals surface area contributed by atoms with E-state index in [1.165, 1.54) is 0 Å². The second kappa shape index (κ2) is 4.99. The predicted molar refractivity (Wildman–Crippen MR) is 64.6 cm³/mol. The molecule has 1 unspecified atom stereocenters. The highest BCUT2D eigenvalue weighted by Gasteiger charge is 2.26. The van der Waals surface area contributed by atoms with Gasteiger partial charge >= 0.3 is 0 Å². The summed E-state index contributed by atoms with van der Waals surface area (Å²) in [6.07, 6.45) is 3.77. The maximum atomic E-state index is 9.28. The molecule has 0 radical (unpaired) electrons. The highest BCUT2D eigenvalue weighted by atomic mass is 35.5. The van der Waals surface area contributed by atoms with Gasteiger partial charge in [0, 0.05) is 19.3 Å². The molecule has 2 heterocycles. The van der Waals surface area contributed by atoms with Gasteiger partial charge in [-0.15, -0.1) is 0 Å². The van der Waals surface area contributed by atoms with Crippen LogP contribution in [-0.2, 0) is 6.54 Å². The van der Waals surface area contributed by atoms with Gasteiger partial charge in [-0.3, -0.25) is 0 Å². The fourth-order valence-corrected chi connectivity index (χ4v) is 2.43. The monoisotopic (exact) mass is 241 g/mol. The second-order valence-electron chi connectivity index (χ2n) is 3.98. The minimum absolute atomic E-state index is 0.137. The highest BCUT2D eigenvalue weighted by molar-refractivity contribution is 6.33. The van der Waals surface area contributed by atoms with Crippen LogP contribution in [0.2, 0.25) is 5.02 Å². The maximum Gasteiger partial charge on any atom is 0.148 e. The van der Waals surface area contributed by atoms with Gasteiger partial charge in [0.2, 0.25) is 0 Å². The van der Waals surface area contributed by atoms with Crippen molar-refractivity contribution in [1.82, 2.24) is 4.98 Å². The van der Waals surface area contributed by atoms with Crippen LogP contribution < -0.4 is 10.6 Å². The van der Waals surface area contributed by atoms with Crippen molar-refractivity contribution in [2.24, 2.45) is 5.73 Å². The standard InChI is InChI=1S/C11H16ClN3O/c12-10-8(6-13)3-4-14-11(10)15-5-1-2-9(15)7-16/h3-4,9,16H,1-2,5-7,13H2. The summed E-state index contributed by atoms with van der Waals surface area (Å²) < 4.78 is 0. The molecule has 2 rings (SSSR count). The topological polar surface area (TPSA) is 62.4 Å². The number of hydrogen-bond acceptors (Lipinski definition) is 4. The minimum atomic E-state index is 0.137. The fourth-order valence-electron chi connectivity index (χ4n) is 2.13. The zero-order valence-electron chi connectivity index (χ0n) is 9.06. The third-order valence-electron chi connectivity index (χ3n) is 3.03. The first-order chi connectivity index (χ1) is 7.77. The summed E-state index contributed by atoms with van der Waals surface area (Å²) in [7, 11) is 0. The fraction of sp³-hybridized carbons (Fsp3) is 0.545. The number of aliphatic hydroxyl groups excluding tert-OH is 1. The van der Waals surface area contributed by atoms with Crippen LogP contribution in [0.1, 0.15) is 18.4 Å². The summed E-state index contributed by atoms with van der Waals surface area (Å²) in [6.45, 7) is 1.45. The molecule has 1 saturated heterocycles. The zero-order valence-corrected chi connectivity index (χ0v) is 9.82. The summed E-state index contributed by atoms with van der Waals surface area (Å²) in [5, 5.41) is 9.89. The minimum Gasteiger partial charge on any atom is -0.394 e. The first-order valence-electron chi connectivity index (χ1n) is 5.49. The predicted octanol–water partition coefficient (Wildman–Crippen LogP) is 1.15. The van der Waals surface area contributed by atoms with Crippen molar-refractivity contribution < 1.29 is 5.11 Å². The molecule has 0 aliphatic carbocycles. The quantitative estimate of drug-likeness (QED) is 0.834. The number of pyridine rings is 1. The molecule has 1 aromatic rings. The molecule has 0 bridgehead atoms. The lowest BCUT2D eigenvalue weighted by atomic mass is 10.2. The van der Waals surface area contributed by atoms with E-state index < -0.39 is 0 Å². The molecule has 5 heteroatoms. The van der Waals surface area contributed by atoms with Crippen LogP contribution in [0.5, 0.6) is 0 Å². The number of aromatic nitrogens is 1. The summed E-state index contributed by atoms with van der Waals surface area (Å²) >= 11 is 6.25. The van der Waals surface area contributed by atoms with Crippen LogP contribution in [0, 0.1) is 0 Å². The molecule has 0 spiro atoms. The van der Waals surface area contributed by atoms with Crippen molar-refractivity contribution in [2.75, 3.05) is 18.1 Å². The molecule has 0 amide bonds. The molecular formula is C11H16ClN3O. The Balaban J connectivity index is 2.32. The van der Waals surface area contributed by atoms with Crippen LogP contribution in [0.25, 0.3) is 0 Å². The molecule has 1 fully saturated rings. The molecule has 0 aromatic carbocycles. The number of halogens is 1. The molecule has 16 heavy (non-hydrogen) atoms. The van der Waals surface area contributed by atoms with Crippen molar-refractivity contribution in [3.05, 3.63) is 22.8 Å².